The van der Waals surface area contributed by atoms with Gasteiger partial charge in [0.2, 0.25) is 0 Å². The van der Waals surface area contributed by atoms with E-state index >= 15 is 0 Å². The van der Waals surface area contributed by atoms with Crippen molar-refractivity contribution in [2.24, 2.45) is 5.41 Å². The third kappa shape index (κ3) is 2.67. The zero-order valence-corrected chi connectivity index (χ0v) is 11.3. The highest BCUT2D eigenvalue weighted by Crippen LogP contribution is 2.40. The fraction of sp³-hybridized carbons (Fsp3) is 0.600. The minimum atomic E-state index is -0.980. The molecule has 19 heavy (non-hydrogen) atoms. The van der Waals surface area contributed by atoms with Gasteiger partial charge >= 0.3 is 5.97 Å². The molecule has 0 saturated carbocycles. The zero-order valence-electron chi connectivity index (χ0n) is 11.3. The molecule has 0 aromatic heterocycles. The van der Waals surface area contributed by atoms with Gasteiger partial charge in [-0.25, -0.2) is 0 Å². The van der Waals surface area contributed by atoms with Gasteiger partial charge in [-0.15, -0.1) is 0 Å². The summed E-state index contributed by atoms with van der Waals surface area (Å²) in [4.78, 5) is 0. The van der Waals surface area contributed by atoms with Crippen LogP contribution in [0.5, 0.6) is 0 Å². The largest absolute Gasteiger partial charge is 0.368 e. The molecule has 0 atom stereocenters. The van der Waals surface area contributed by atoms with E-state index < -0.39 is 5.97 Å². The summed E-state index contributed by atoms with van der Waals surface area (Å²) in [5.74, 6) is -0.980. The van der Waals surface area contributed by atoms with Crippen LogP contribution in [0.4, 0.5) is 0 Å². The number of hydrogen-bond acceptors (Lipinski definition) is 4. The summed E-state index contributed by atoms with van der Waals surface area (Å²) in [5, 5.41) is 0. The van der Waals surface area contributed by atoms with Crippen molar-refractivity contribution in [3.05, 3.63) is 35.9 Å². The van der Waals surface area contributed by atoms with Crippen molar-refractivity contribution in [3.63, 3.8) is 0 Å². The molecule has 3 saturated heterocycles. The fourth-order valence-corrected chi connectivity index (χ4v) is 2.34. The van der Waals surface area contributed by atoms with E-state index in [9.17, 15) is 0 Å². The minimum absolute atomic E-state index is 0.0428. The Bertz CT molecular complexity index is 393. The first-order valence-electron chi connectivity index (χ1n) is 6.79. The number of fused-ring (bicyclic) bond motifs is 3. The van der Waals surface area contributed by atoms with Crippen LogP contribution in [0.1, 0.15) is 18.9 Å². The molecular weight excluding hydrogens is 244 g/mol. The standard InChI is InChI=1S/C15H20O4/c1-2-14-9-17-15(18-10-14,19-11-14)12-16-8-13-6-4-3-5-7-13/h3-7H,2,8-12H2,1H3. The normalized spacial score (nSPS) is 33.5. The van der Waals surface area contributed by atoms with E-state index in [1.807, 2.05) is 30.3 Å². The summed E-state index contributed by atoms with van der Waals surface area (Å²) >= 11 is 0. The molecule has 0 unspecified atom stereocenters. The van der Waals surface area contributed by atoms with Crippen LogP contribution in [0, 0.1) is 5.41 Å². The topological polar surface area (TPSA) is 36.9 Å². The first kappa shape index (κ1) is 13.1. The van der Waals surface area contributed by atoms with Crippen molar-refractivity contribution in [2.75, 3.05) is 26.4 Å². The third-order valence-electron chi connectivity index (χ3n) is 3.94. The van der Waals surface area contributed by atoms with E-state index in [4.69, 9.17) is 18.9 Å². The maximum Gasteiger partial charge on any atom is 0.307 e. The second kappa shape index (κ2) is 5.21. The number of ether oxygens (including phenoxy) is 4. The molecule has 0 radical (unpaired) electrons. The Morgan fingerprint density at radius 1 is 1.05 bits per heavy atom. The smallest absolute Gasteiger partial charge is 0.307 e. The molecule has 104 valence electrons. The second-order valence-corrected chi connectivity index (χ2v) is 5.38. The average molecular weight is 264 g/mol. The molecular formula is C15H20O4. The summed E-state index contributed by atoms with van der Waals surface area (Å²) in [5.41, 5.74) is 1.18. The molecule has 4 heteroatoms. The van der Waals surface area contributed by atoms with Gasteiger partial charge in [0.1, 0.15) is 6.61 Å². The Kier molecular flexibility index (Phi) is 3.58. The quantitative estimate of drug-likeness (QED) is 0.818. The van der Waals surface area contributed by atoms with Crippen molar-refractivity contribution in [1.82, 2.24) is 0 Å². The Balaban J connectivity index is 1.51. The highest BCUT2D eigenvalue weighted by Gasteiger charge is 2.52. The Morgan fingerprint density at radius 2 is 1.68 bits per heavy atom. The van der Waals surface area contributed by atoms with Crippen LogP contribution in [0.3, 0.4) is 0 Å². The van der Waals surface area contributed by atoms with E-state index in [1.54, 1.807) is 0 Å². The Hall–Kier alpha value is -0.940. The third-order valence-corrected chi connectivity index (χ3v) is 3.94. The van der Waals surface area contributed by atoms with E-state index in [0.29, 0.717) is 33.0 Å². The number of hydrogen-bond donors (Lipinski definition) is 0. The molecule has 0 spiro atoms. The van der Waals surface area contributed by atoms with Gasteiger partial charge in [-0.1, -0.05) is 37.3 Å². The van der Waals surface area contributed by atoms with E-state index in [-0.39, 0.29) is 5.41 Å². The lowest BCUT2D eigenvalue weighted by atomic mass is 9.86. The van der Waals surface area contributed by atoms with Crippen molar-refractivity contribution in [1.29, 1.82) is 0 Å². The van der Waals surface area contributed by atoms with Crippen LogP contribution in [0.2, 0.25) is 0 Å². The summed E-state index contributed by atoms with van der Waals surface area (Å²) in [6.07, 6.45) is 1.01. The lowest BCUT2D eigenvalue weighted by Gasteiger charge is -2.51. The van der Waals surface area contributed by atoms with Crippen molar-refractivity contribution >= 4 is 0 Å². The lowest BCUT2D eigenvalue weighted by Crippen LogP contribution is -2.61. The van der Waals surface area contributed by atoms with Crippen molar-refractivity contribution < 1.29 is 18.9 Å². The maximum atomic E-state index is 5.73. The molecule has 3 aliphatic heterocycles. The second-order valence-electron chi connectivity index (χ2n) is 5.38. The molecule has 3 aliphatic rings. The first-order valence-corrected chi connectivity index (χ1v) is 6.79. The van der Waals surface area contributed by atoms with Crippen LogP contribution in [0.15, 0.2) is 30.3 Å². The van der Waals surface area contributed by atoms with Crippen LogP contribution >= 0.6 is 0 Å². The van der Waals surface area contributed by atoms with Crippen LogP contribution in [-0.2, 0) is 25.6 Å². The zero-order chi connectivity index (χ0) is 13.2. The van der Waals surface area contributed by atoms with Gasteiger partial charge in [-0.05, 0) is 12.0 Å². The minimum Gasteiger partial charge on any atom is -0.368 e. The molecule has 4 rings (SSSR count). The monoisotopic (exact) mass is 264 g/mol. The molecule has 1 aromatic rings. The van der Waals surface area contributed by atoms with Crippen LogP contribution < -0.4 is 0 Å². The molecule has 0 aliphatic carbocycles. The summed E-state index contributed by atoms with van der Waals surface area (Å²) < 4.78 is 22.9. The van der Waals surface area contributed by atoms with Gasteiger partial charge in [0.05, 0.1) is 26.4 Å². The van der Waals surface area contributed by atoms with Crippen molar-refractivity contribution in [2.45, 2.75) is 25.9 Å². The highest BCUT2D eigenvalue weighted by atomic mass is 16.9. The molecule has 4 nitrogen and oxygen atoms in total. The lowest BCUT2D eigenvalue weighted by molar-refractivity contribution is -0.477. The Morgan fingerprint density at radius 3 is 2.26 bits per heavy atom. The number of benzene rings is 1. The Labute approximate surface area is 113 Å². The molecule has 2 bridgehead atoms. The molecule has 3 fully saturated rings. The highest BCUT2D eigenvalue weighted by molar-refractivity contribution is 5.13. The summed E-state index contributed by atoms with van der Waals surface area (Å²) in [7, 11) is 0. The van der Waals surface area contributed by atoms with Crippen LogP contribution in [0.25, 0.3) is 0 Å². The maximum absolute atomic E-state index is 5.73. The summed E-state index contributed by atoms with van der Waals surface area (Å²) in [6, 6.07) is 10.0. The predicted molar refractivity (Wildman–Crippen MR) is 69.4 cm³/mol. The van der Waals surface area contributed by atoms with E-state index in [0.717, 1.165) is 12.0 Å². The number of rotatable bonds is 5. The molecule has 0 amide bonds. The van der Waals surface area contributed by atoms with Gasteiger partial charge < -0.3 is 18.9 Å². The van der Waals surface area contributed by atoms with E-state index in [1.165, 1.54) is 0 Å². The van der Waals surface area contributed by atoms with Gasteiger partial charge in [0.15, 0.2) is 0 Å². The first-order chi connectivity index (χ1) is 9.26. The van der Waals surface area contributed by atoms with Crippen LogP contribution in [-0.4, -0.2) is 32.4 Å². The van der Waals surface area contributed by atoms with Gasteiger partial charge in [-0.2, -0.15) is 0 Å². The molecule has 1 aromatic carbocycles. The van der Waals surface area contributed by atoms with Gasteiger partial charge in [0.25, 0.3) is 0 Å². The van der Waals surface area contributed by atoms with Gasteiger partial charge in [0, 0.05) is 5.41 Å². The SMILES string of the molecule is CCC12COC(COCc3ccccc3)(OC1)OC2. The predicted octanol–water partition coefficient (Wildman–Crippen LogP) is 2.33. The molecule has 0 N–H and O–H groups in total. The van der Waals surface area contributed by atoms with Gasteiger partial charge in [-0.3, -0.25) is 0 Å². The van der Waals surface area contributed by atoms with Crippen molar-refractivity contribution in [3.8, 4) is 0 Å². The average Bonchev–Trinajstić information content (AvgIpc) is 2.50. The fourth-order valence-electron chi connectivity index (χ4n) is 2.34. The van der Waals surface area contributed by atoms with E-state index in [2.05, 4.69) is 6.92 Å². The molecule has 3 heterocycles. The summed E-state index contributed by atoms with van der Waals surface area (Å²) in [6.45, 7) is 5.06.